The van der Waals surface area contributed by atoms with E-state index < -0.39 is 0 Å². The van der Waals surface area contributed by atoms with E-state index in [1.54, 1.807) is 12.4 Å². The van der Waals surface area contributed by atoms with Crippen molar-refractivity contribution in [2.75, 3.05) is 0 Å². The average Bonchev–Trinajstić information content (AvgIpc) is 1.77. The molecular weight excluding hydrogens is 102 g/mol. The van der Waals surface area contributed by atoms with Gasteiger partial charge in [0.15, 0.2) is 0 Å². The molecule has 2 N–H and O–H groups in total. The number of nitrogens with zero attached hydrogens (tertiary/aromatic N) is 2. The summed E-state index contributed by atoms with van der Waals surface area (Å²) in [7, 11) is 0. The van der Waals surface area contributed by atoms with E-state index in [9.17, 15) is 0 Å². The van der Waals surface area contributed by atoms with Gasteiger partial charge in [-0.2, -0.15) is 0 Å². The Morgan fingerprint density at radius 1 is 1.88 bits per heavy atom. The van der Waals surface area contributed by atoms with E-state index in [1.165, 1.54) is 0 Å². The third-order valence-corrected chi connectivity index (χ3v) is 0.884. The van der Waals surface area contributed by atoms with Gasteiger partial charge in [-0.25, -0.2) is 4.67 Å². The second-order valence-corrected chi connectivity index (χ2v) is 1.77. The highest BCUT2D eigenvalue weighted by Gasteiger charge is 2.04. The molecule has 0 spiro atoms. The van der Waals surface area contributed by atoms with Crippen LogP contribution in [0.5, 0.6) is 0 Å². The molecule has 1 unspecified atom stereocenters. The number of rotatable bonds is 0. The summed E-state index contributed by atoms with van der Waals surface area (Å²) in [6.07, 6.45) is 3.53. The van der Waals surface area contributed by atoms with E-state index >= 15 is 0 Å². The van der Waals surface area contributed by atoms with Crippen molar-refractivity contribution in [2.45, 2.75) is 6.92 Å². The smallest absolute Gasteiger partial charge is 0.273 e. The average molecular weight is 110 g/mol. The van der Waals surface area contributed by atoms with Crippen LogP contribution in [-0.2, 0) is 0 Å². The van der Waals surface area contributed by atoms with Gasteiger partial charge in [0.05, 0.1) is 12.1 Å². The summed E-state index contributed by atoms with van der Waals surface area (Å²) >= 11 is 0. The third kappa shape index (κ3) is 0.950. The van der Waals surface area contributed by atoms with Gasteiger partial charge in [-0.3, -0.25) is 5.73 Å². The molecule has 0 amide bonds. The SMILES string of the molecule is CC1C=NC(N)=[N+]=C1. The van der Waals surface area contributed by atoms with Crippen molar-refractivity contribution in [3.8, 4) is 0 Å². The molecule has 1 atom stereocenters. The topological polar surface area (TPSA) is 52.5 Å². The van der Waals surface area contributed by atoms with Crippen LogP contribution in [0.25, 0.3) is 0 Å². The molecule has 0 bridgehead atoms. The molecule has 0 saturated carbocycles. The normalized spacial score (nSPS) is 25.6. The minimum absolute atomic E-state index is 0.335. The first-order valence-corrected chi connectivity index (χ1v) is 2.50. The van der Waals surface area contributed by atoms with Crippen molar-refractivity contribution in [3.63, 3.8) is 0 Å². The van der Waals surface area contributed by atoms with Crippen molar-refractivity contribution >= 4 is 18.4 Å². The van der Waals surface area contributed by atoms with Gasteiger partial charge in [0.2, 0.25) is 0 Å². The fourth-order valence-electron chi connectivity index (χ4n) is 0.460. The first-order chi connectivity index (χ1) is 3.79. The minimum atomic E-state index is 0.335. The molecule has 3 heteroatoms. The molecule has 0 aromatic heterocycles. The highest BCUT2D eigenvalue weighted by Crippen LogP contribution is 1.83. The predicted octanol–water partition coefficient (Wildman–Crippen LogP) is -0.840. The van der Waals surface area contributed by atoms with E-state index in [0.717, 1.165) is 0 Å². The molecule has 0 aliphatic carbocycles. The molecule has 0 fully saturated rings. The molecular formula is C5H8N3+. The van der Waals surface area contributed by atoms with E-state index in [0.29, 0.717) is 11.9 Å². The lowest BCUT2D eigenvalue weighted by Crippen LogP contribution is -2.19. The van der Waals surface area contributed by atoms with Gasteiger partial charge in [0.25, 0.3) is 0 Å². The van der Waals surface area contributed by atoms with Crippen LogP contribution in [0.1, 0.15) is 6.92 Å². The molecule has 42 valence electrons. The van der Waals surface area contributed by atoms with Gasteiger partial charge in [-0.15, -0.1) is 0 Å². The zero-order valence-electron chi connectivity index (χ0n) is 4.70. The number of nitrogens with two attached hydrogens (primary N) is 1. The van der Waals surface area contributed by atoms with Gasteiger partial charge in [0.1, 0.15) is 6.21 Å². The van der Waals surface area contributed by atoms with Crippen molar-refractivity contribution in [2.24, 2.45) is 16.6 Å². The lowest BCUT2D eigenvalue weighted by molar-refractivity contribution is 1.10. The Morgan fingerprint density at radius 2 is 2.62 bits per heavy atom. The number of guanidine groups is 1. The summed E-state index contributed by atoms with van der Waals surface area (Å²) in [6.45, 7) is 2.00. The second kappa shape index (κ2) is 1.80. The molecule has 0 saturated heterocycles. The van der Waals surface area contributed by atoms with Crippen LogP contribution >= 0.6 is 0 Å². The third-order valence-electron chi connectivity index (χ3n) is 0.884. The van der Waals surface area contributed by atoms with E-state index in [2.05, 4.69) is 9.66 Å². The van der Waals surface area contributed by atoms with Crippen molar-refractivity contribution in [3.05, 3.63) is 0 Å². The van der Waals surface area contributed by atoms with Crippen molar-refractivity contribution < 1.29 is 0 Å². The Bertz CT molecular complexity index is 174. The predicted molar refractivity (Wildman–Crippen MR) is 35.0 cm³/mol. The Kier molecular flexibility index (Phi) is 1.14. The molecule has 3 nitrogen and oxygen atoms in total. The van der Waals surface area contributed by atoms with E-state index in [-0.39, 0.29) is 0 Å². The number of aliphatic imine (C=N–C) groups is 1. The van der Waals surface area contributed by atoms with Crippen LogP contribution in [0, 0.1) is 5.92 Å². The maximum absolute atomic E-state index is 5.22. The number of hydrogen-bond acceptors (Lipinski definition) is 2. The maximum Gasteiger partial charge on any atom is 0.476 e. The first kappa shape index (κ1) is 5.06. The maximum atomic E-state index is 5.22. The zero-order chi connectivity index (χ0) is 5.98. The van der Waals surface area contributed by atoms with Crippen molar-refractivity contribution in [1.29, 1.82) is 0 Å². The number of hydrogen-bond donors (Lipinski definition) is 1. The minimum Gasteiger partial charge on any atom is -0.273 e. The summed E-state index contributed by atoms with van der Waals surface area (Å²) in [6, 6.07) is 0. The summed E-state index contributed by atoms with van der Waals surface area (Å²) in [5.41, 5.74) is 5.22. The van der Waals surface area contributed by atoms with E-state index in [1.807, 2.05) is 6.92 Å². The first-order valence-electron chi connectivity index (χ1n) is 2.50. The summed E-state index contributed by atoms with van der Waals surface area (Å²) in [5, 5.41) is 0. The van der Waals surface area contributed by atoms with Gasteiger partial charge < -0.3 is 0 Å². The van der Waals surface area contributed by atoms with Crippen LogP contribution in [0.3, 0.4) is 0 Å². The Hall–Kier alpha value is -1.08. The van der Waals surface area contributed by atoms with Crippen molar-refractivity contribution in [1.82, 2.24) is 4.67 Å². The molecule has 1 heterocycles. The van der Waals surface area contributed by atoms with Gasteiger partial charge in [-0.1, -0.05) is 4.99 Å². The highest BCUT2D eigenvalue weighted by atomic mass is 15.0. The standard InChI is InChI=1S/C5H7N3/c1-4-2-7-5(6)8-3-4/h2-4,6H,1H3/p+1. The van der Waals surface area contributed by atoms with E-state index in [4.69, 9.17) is 5.73 Å². The van der Waals surface area contributed by atoms with Crippen LogP contribution in [0.15, 0.2) is 4.99 Å². The molecule has 0 radical (unpaired) electrons. The van der Waals surface area contributed by atoms with Crippen LogP contribution in [0.2, 0.25) is 0 Å². The summed E-state index contributed by atoms with van der Waals surface area (Å²) in [5.74, 6) is 0.686. The highest BCUT2D eigenvalue weighted by molar-refractivity contribution is 5.97. The molecule has 8 heavy (non-hydrogen) atoms. The lowest BCUT2D eigenvalue weighted by atomic mass is 10.2. The van der Waals surface area contributed by atoms with Gasteiger partial charge in [-0.05, 0) is 6.92 Å². The Morgan fingerprint density at radius 3 is 3.00 bits per heavy atom. The molecule has 1 rings (SSSR count). The largest absolute Gasteiger partial charge is 0.476 e. The Labute approximate surface area is 47.7 Å². The quantitative estimate of drug-likeness (QED) is 0.406. The summed E-state index contributed by atoms with van der Waals surface area (Å²) < 4.78 is 3.78. The van der Waals surface area contributed by atoms with Gasteiger partial charge in [0, 0.05) is 0 Å². The molecule has 0 aromatic rings. The zero-order valence-corrected chi connectivity index (χ0v) is 4.70. The van der Waals surface area contributed by atoms with Crippen LogP contribution in [-0.4, -0.2) is 18.4 Å². The second-order valence-electron chi connectivity index (χ2n) is 1.77. The molecule has 1 aliphatic rings. The van der Waals surface area contributed by atoms with Crippen LogP contribution < -0.4 is 10.4 Å². The fourth-order valence-corrected chi connectivity index (χ4v) is 0.460. The fraction of sp³-hybridized carbons (Fsp3) is 0.400. The van der Waals surface area contributed by atoms with Crippen LogP contribution in [0.4, 0.5) is 0 Å². The lowest BCUT2D eigenvalue weighted by Gasteiger charge is -1.88. The molecule has 1 aliphatic heterocycles. The summed E-state index contributed by atoms with van der Waals surface area (Å²) in [4.78, 5) is 3.78. The monoisotopic (exact) mass is 110 g/mol. The molecule has 0 aromatic carbocycles. The Balaban J connectivity index is 2.86. The van der Waals surface area contributed by atoms with Gasteiger partial charge >= 0.3 is 5.96 Å².